The summed E-state index contributed by atoms with van der Waals surface area (Å²) in [6, 6.07) is 4.80. The maximum atomic E-state index is 12.7. The Kier molecular flexibility index (Phi) is 5.99. The fourth-order valence-corrected chi connectivity index (χ4v) is 3.18. The van der Waals surface area contributed by atoms with Crippen molar-refractivity contribution < 1.29 is 4.79 Å². The average molecular weight is 318 g/mol. The van der Waals surface area contributed by atoms with Crippen LogP contribution >= 0.6 is 0 Å². The number of aromatic nitrogens is 1. The van der Waals surface area contributed by atoms with E-state index >= 15 is 0 Å². The fourth-order valence-electron chi connectivity index (χ4n) is 3.18. The third-order valence-corrected chi connectivity index (χ3v) is 4.81. The molecule has 1 aromatic heterocycles. The van der Waals surface area contributed by atoms with Gasteiger partial charge in [0.15, 0.2) is 0 Å². The van der Waals surface area contributed by atoms with Gasteiger partial charge in [-0.2, -0.15) is 0 Å². The van der Waals surface area contributed by atoms with Crippen molar-refractivity contribution in [2.45, 2.75) is 46.2 Å². The lowest BCUT2D eigenvalue weighted by molar-refractivity contribution is 0.0371. The van der Waals surface area contributed by atoms with E-state index in [1.54, 1.807) is 6.20 Å². The third kappa shape index (κ3) is 4.02. The Morgan fingerprint density at radius 3 is 2.61 bits per heavy atom. The van der Waals surface area contributed by atoms with E-state index in [4.69, 9.17) is 0 Å². The summed E-state index contributed by atoms with van der Waals surface area (Å²) in [5, 5.41) is 0. The molecule has 0 aliphatic carbocycles. The van der Waals surface area contributed by atoms with Crippen LogP contribution < -0.4 is 4.90 Å². The maximum Gasteiger partial charge on any atom is 0.255 e. The molecule has 1 saturated heterocycles. The number of pyridine rings is 1. The van der Waals surface area contributed by atoms with Gasteiger partial charge in [-0.05, 0) is 39.3 Å². The average Bonchev–Trinajstić information content (AvgIpc) is 2.59. The van der Waals surface area contributed by atoms with Crippen LogP contribution in [-0.2, 0) is 0 Å². The minimum absolute atomic E-state index is 0.102. The van der Waals surface area contributed by atoms with Gasteiger partial charge < -0.3 is 9.80 Å². The van der Waals surface area contributed by atoms with E-state index in [9.17, 15) is 4.79 Å². The Bertz CT molecular complexity index is 514. The molecule has 1 fully saturated rings. The molecular weight excluding hydrogens is 288 g/mol. The first-order valence-corrected chi connectivity index (χ1v) is 8.70. The first kappa shape index (κ1) is 17.7. The van der Waals surface area contributed by atoms with Crippen molar-refractivity contribution in [3.63, 3.8) is 0 Å². The predicted octanol–water partition coefficient (Wildman–Crippen LogP) is 2.48. The number of nitrogens with zero attached hydrogens (tertiary/aromatic N) is 4. The summed E-state index contributed by atoms with van der Waals surface area (Å²) in [5.41, 5.74) is 0.686. The van der Waals surface area contributed by atoms with Crippen molar-refractivity contribution in [3.05, 3.63) is 23.9 Å². The minimum Gasteiger partial charge on any atom is -0.360 e. The third-order valence-electron chi connectivity index (χ3n) is 4.81. The lowest BCUT2D eigenvalue weighted by Crippen LogP contribution is -2.56. The van der Waals surface area contributed by atoms with Crippen molar-refractivity contribution in [2.75, 3.05) is 38.1 Å². The zero-order valence-corrected chi connectivity index (χ0v) is 15.1. The zero-order valence-electron chi connectivity index (χ0n) is 15.1. The summed E-state index contributed by atoms with van der Waals surface area (Å²) in [5.74, 6) is 1.00. The molecule has 0 saturated carbocycles. The molecule has 1 amide bonds. The molecular formula is C18H30N4O. The van der Waals surface area contributed by atoms with Gasteiger partial charge in [-0.3, -0.25) is 9.69 Å². The molecule has 5 nitrogen and oxygen atoms in total. The van der Waals surface area contributed by atoms with Crippen LogP contribution in [-0.4, -0.2) is 66.0 Å². The first-order chi connectivity index (χ1) is 11.0. The highest BCUT2D eigenvalue weighted by atomic mass is 16.2. The van der Waals surface area contributed by atoms with Crippen molar-refractivity contribution in [2.24, 2.45) is 0 Å². The number of hydrogen-bond donors (Lipinski definition) is 0. The lowest BCUT2D eigenvalue weighted by atomic mass is 10.1. The SMILES string of the molecule is CC[C@@H]1CN(C(=O)c2ccc(N(C)CC)nc2)CCN1C(C)C. The molecule has 0 unspecified atom stereocenters. The molecule has 1 aliphatic heterocycles. The Labute approximate surface area is 140 Å². The number of piperazine rings is 1. The van der Waals surface area contributed by atoms with Gasteiger partial charge in [0, 0.05) is 51.5 Å². The molecule has 1 aliphatic rings. The minimum atomic E-state index is 0.102. The summed E-state index contributed by atoms with van der Waals surface area (Å²) in [7, 11) is 2.00. The second kappa shape index (κ2) is 7.77. The largest absolute Gasteiger partial charge is 0.360 e. The van der Waals surface area contributed by atoms with E-state index < -0.39 is 0 Å². The van der Waals surface area contributed by atoms with Crippen LogP contribution in [0.2, 0.25) is 0 Å². The monoisotopic (exact) mass is 318 g/mol. The highest BCUT2D eigenvalue weighted by Gasteiger charge is 2.30. The zero-order chi connectivity index (χ0) is 17.0. The number of hydrogen-bond acceptors (Lipinski definition) is 4. The van der Waals surface area contributed by atoms with Gasteiger partial charge in [0.25, 0.3) is 5.91 Å². The van der Waals surface area contributed by atoms with E-state index in [1.165, 1.54) is 0 Å². The summed E-state index contributed by atoms with van der Waals surface area (Å²) in [6.07, 6.45) is 2.78. The van der Waals surface area contributed by atoms with Crippen LogP contribution in [0.4, 0.5) is 5.82 Å². The Morgan fingerprint density at radius 1 is 1.35 bits per heavy atom. The number of carbonyl (C=O) groups is 1. The summed E-state index contributed by atoms with van der Waals surface area (Å²) in [6.45, 7) is 12.2. The Balaban J connectivity index is 2.06. The summed E-state index contributed by atoms with van der Waals surface area (Å²) < 4.78 is 0. The quantitative estimate of drug-likeness (QED) is 0.836. The van der Waals surface area contributed by atoms with Crippen molar-refractivity contribution in [3.8, 4) is 0 Å². The number of rotatable bonds is 5. The Hall–Kier alpha value is -1.62. The molecule has 128 valence electrons. The van der Waals surface area contributed by atoms with Crippen molar-refractivity contribution in [1.29, 1.82) is 0 Å². The summed E-state index contributed by atoms with van der Waals surface area (Å²) >= 11 is 0. The van der Waals surface area contributed by atoms with E-state index in [0.717, 1.165) is 38.4 Å². The van der Waals surface area contributed by atoms with Crippen LogP contribution in [0.15, 0.2) is 18.3 Å². The standard InChI is InChI=1S/C18H30N4O/c1-6-16-13-21(10-11-22(16)14(3)4)18(23)15-8-9-17(19-12-15)20(5)7-2/h8-9,12,14,16H,6-7,10-11,13H2,1-5H3/t16-/m1/s1. The molecule has 5 heteroatoms. The number of anilines is 1. The first-order valence-electron chi connectivity index (χ1n) is 8.70. The summed E-state index contributed by atoms with van der Waals surface area (Å²) in [4.78, 5) is 23.7. The highest BCUT2D eigenvalue weighted by molar-refractivity contribution is 5.94. The van der Waals surface area contributed by atoms with Crippen molar-refractivity contribution >= 4 is 11.7 Å². The number of amides is 1. The van der Waals surface area contributed by atoms with E-state index in [0.29, 0.717) is 17.6 Å². The highest BCUT2D eigenvalue weighted by Crippen LogP contribution is 2.18. The predicted molar refractivity (Wildman–Crippen MR) is 95.0 cm³/mol. The van der Waals surface area contributed by atoms with Gasteiger partial charge in [-0.25, -0.2) is 4.98 Å². The van der Waals surface area contributed by atoms with E-state index in [1.807, 2.05) is 24.1 Å². The van der Waals surface area contributed by atoms with E-state index in [-0.39, 0.29) is 5.91 Å². The molecule has 0 aromatic carbocycles. The maximum absolute atomic E-state index is 12.7. The van der Waals surface area contributed by atoms with Crippen molar-refractivity contribution in [1.82, 2.24) is 14.8 Å². The van der Waals surface area contributed by atoms with Crippen LogP contribution in [0.25, 0.3) is 0 Å². The molecule has 2 rings (SSSR count). The molecule has 0 N–H and O–H groups in total. The lowest BCUT2D eigenvalue weighted by Gasteiger charge is -2.43. The van der Waals surface area contributed by atoms with Crippen LogP contribution in [0.5, 0.6) is 0 Å². The second-order valence-electron chi connectivity index (χ2n) is 6.56. The molecule has 0 radical (unpaired) electrons. The van der Waals surface area contributed by atoms with Gasteiger partial charge in [0.1, 0.15) is 5.82 Å². The van der Waals surface area contributed by atoms with Gasteiger partial charge in [0.2, 0.25) is 0 Å². The van der Waals surface area contributed by atoms with Crippen LogP contribution in [0, 0.1) is 0 Å². The van der Waals surface area contributed by atoms with Crippen LogP contribution in [0.1, 0.15) is 44.5 Å². The van der Waals surface area contributed by atoms with Gasteiger partial charge in [-0.15, -0.1) is 0 Å². The smallest absolute Gasteiger partial charge is 0.255 e. The van der Waals surface area contributed by atoms with Gasteiger partial charge in [0.05, 0.1) is 5.56 Å². The normalized spacial score (nSPS) is 19.2. The molecule has 0 spiro atoms. The fraction of sp³-hybridized carbons (Fsp3) is 0.667. The van der Waals surface area contributed by atoms with Gasteiger partial charge in [-0.1, -0.05) is 6.92 Å². The molecule has 1 atom stereocenters. The Morgan fingerprint density at radius 2 is 2.09 bits per heavy atom. The van der Waals surface area contributed by atoms with Crippen LogP contribution in [0.3, 0.4) is 0 Å². The van der Waals surface area contributed by atoms with Gasteiger partial charge >= 0.3 is 0 Å². The number of carbonyl (C=O) groups excluding carboxylic acids is 1. The van der Waals surface area contributed by atoms with E-state index in [2.05, 4.69) is 42.5 Å². The molecule has 0 bridgehead atoms. The molecule has 1 aromatic rings. The topological polar surface area (TPSA) is 39.7 Å². The molecule has 23 heavy (non-hydrogen) atoms. The molecule has 2 heterocycles. The second-order valence-corrected chi connectivity index (χ2v) is 6.56.